The van der Waals surface area contributed by atoms with Crippen LogP contribution in [0.5, 0.6) is 0 Å². The number of hydrogen-bond acceptors (Lipinski definition) is 6. The molecule has 0 saturated carbocycles. The number of alkyl halides is 3. The molecule has 1 fully saturated rings. The van der Waals surface area contributed by atoms with Gasteiger partial charge in [-0.2, -0.15) is 13.2 Å². The Hall–Kier alpha value is -2.40. The van der Waals surface area contributed by atoms with E-state index in [1.54, 1.807) is 6.92 Å². The summed E-state index contributed by atoms with van der Waals surface area (Å²) in [5.41, 5.74) is 5.35. The van der Waals surface area contributed by atoms with Crippen molar-refractivity contribution in [2.24, 2.45) is 0 Å². The fourth-order valence-electron chi connectivity index (χ4n) is 3.17. The Morgan fingerprint density at radius 2 is 1.75 bits per heavy atom. The maximum Gasteiger partial charge on any atom is 0.416 e. The van der Waals surface area contributed by atoms with Crippen LogP contribution in [0.4, 0.5) is 24.7 Å². The second-order valence-corrected chi connectivity index (χ2v) is 9.57. The van der Waals surface area contributed by atoms with E-state index in [-0.39, 0.29) is 28.5 Å². The number of halogens is 3. The molecule has 0 aliphatic carbocycles. The molecule has 1 aromatic heterocycles. The number of benzene rings is 1. The number of nitrogen functional groups attached to an aromatic ring is 1. The van der Waals surface area contributed by atoms with Crippen molar-refractivity contribution in [2.75, 3.05) is 35.8 Å². The van der Waals surface area contributed by atoms with E-state index >= 15 is 0 Å². The SMILES string of the molecule is CCN1CCCCC1.CCS(=O)(=O)Nc1cc(C(F)(F)F)ccc1-c1cc(C)c(N)nn1. The average molecular weight is 474 g/mol. The highest BCUT2D eigenvalue weighted by molar-refractivity contribution is 7.92. The van der Waals surface area contributed by atoms with Gasteiger partial charge in [0.25, 0.3) is 0 Å². The van der Waals surface area contributed by atoms with Gasteiger partial charge in [-0.05, 0) is 70.1 Å². The molecule has 1 aliphatic rings. The number of rotatable bonds is 5. The van der Waals surface area contributed by atoms with Crippen LogP contribution in [-0.2, 0) is 16.2 Å². The smallest absolute Gasteiger partial charge is 0.382 e. The van der Waals surface area contributed by atoms with Crippen LogP contribution in [0.3, 0.4) is 0 Å². The van der Waals surface area contributed by atoms with Crippen LogP contribution in [-0.4, -0.2) is 48.9 Å². The number of anilines is 2. The summed E-state index contributed by atoms with van der Waals surface area (Å²) in [4.78, 5) is 2.52. The van der Waals surface area contributed by atoms with Crippen LogP contribution in [0.25, 0.3) is 11.3 Å². The molecule has 1 saturated heterocycles. The van der Waals surface area contributed by atoms with Crippen molar-refractivity contribution in [3.8, 4) is 11.3 Å². The van der Waals surface area contributed by atoms with Crippen molar-refractivity contribution in [1.82, 2.24) is 15.1 Å². The number of piperidine rings is 1. The van der Waals surface area contributed by atoms with E-state index in [1.165, 1.54) is 51.9 Å². The van der Waals surface area contributed by atoms with Crippen molar-refractivity contribution in [2.45, 2.75) is 46.2 Å². The van der Waals surface area contributed by atoms with Gasteiger partial charge >= 0.3 is 6.18 Å². The minimum Gasteiger partial charge on any atom is -0.382 e. The fourth-order valence-corrected chi connectivity index (χ4v) is 3.82. The quantitative estimate of drug-likeness (QED) is 0.671. The first kappa shape index (κ1) is 25.9. The Morgan fingerprint density at radius 3 is 2.25 bits per heavy atom. The Morgan fingerprint density at radius 1 is 1.09 bits per heavy atom. The lowest BCUT2D eigenvalue weighted by molar-refractivity contribution is -0.137. The molecule has 7 nitrogen and oxygen atoms in total. The van der Waals surface area contributed by atoms with E-state index < -0.39 is 21.8 Å². The first-order valence-electron chi connectivity index (χ1n) is 10.5. The third-order valence-corrected chi connectivity index (χ3v) is 6.48. The lowest BCUT2D eigenvalue weighted by Crippen LogP contribution is -2.29. The Labute approximate surface area is 187 Å². The summed E-state index contributed by atoms with van der Waals surface area (Å²) < 4.78 is 64.5. The Balaban J connectivity index is 0.000000380. The fraction of sp³-hybridized carbons (Fsp3) is 0.524. The van der Waals surface area contributed by atoms with E-state index in [4.69, 9.17) is 5.73 Å². The van der Waals surface area contributed by atoms with Crippen molar-refractivity contribution < 1.29 is 21.6 Å². The number of nitrogens with zero attached hydrogens (tertiary/aromatic N) is 3. The average Bonchev–Trinajstić information content (AvgIpc) is 2.76. The number of sulfonamides is 1. The van der Waals surface area contributed by atoms with Crippen molar-refractivity contribution in [3.63, 3.8) is 0 Å². The van der Waals surface area contributed by atoms with Gasteiger partial charge in [-0.25, -0.2) is 8.42 Å². The summed E-state index contributed by atoms with van der Waals surface area (Å²) in [6, 6.07) is 4.26. The van der Waals surface area contributed by atoms with Crippen molar-refractivity contribution in [1.29, 1.82) is 0 Å². The van der Waals surface area contributed by atoms with E-state index in [0.29, 0.717) is 5.56 Å². The maximum absolute atomic E-state index is 12.9. The molecule has 2 heterocycles. The van der Waals surface area contributed by atoms with Crippen LogP contribution < -0.4 is 10.5 Å². The second kappa shape index (κ2) is 11.0. The summed E-state index contributed by atoms with van der Waals surface area (Å²) >= 11 is 0. The van der Waals surface area contributed by atoms with Crippen LogP contribution >= 0.6 is 0 Å². The zero-order valence-electron chi connectivity index (χ0n) is 18.5. The Kier molecular flexibility index (Phi) is 8.85. The number of aryl methyl sites for hydroxylation is 1. The Bertz CT molecular complexity index is 1010. The minimum absolute atomic E-state index is 0.177. The molecule has 3 rings (SSSR count). The molecule has 3 N–H and O–H groups in total. The highest BCUT2D eigenvalue weighted by Crippen LogP contribution is 2.36. The molecule has 0 bridgehead atoms. The molecule has 0 radical (unpaired) electrons. The van der Waals surface area contributed by atoms with E-state index in [2.05, 4.69) is 26.7 Å². The molecule has 1 aromatic carbocycles. The monoisotopic (exact) mass is 473 g/mol. The minimum atomic E-state index is -4.60. The third kappa shape index (κ3) is 7.33. The van der Waals surface area contributed by atoms with Gasteiger partial charge in [-0.15, -0.1) is 10.2 Å². The first-order chi connectivity index (χ1) is 15.0. The van der Waals surface area contributed by atoms with Gasteiger partial charge < -0.3 is 10.6 Å². The second-order valence-electron chi connectivity index (χ2n) is 7.56. The summed E-state index contributed by atoms with van der Waals surface area (Å²) in [5, 5.41) is 7.54. The zero-order valence-corrected chi connectivity index (χ0v) is 19.4. The number of nitrogens with one attached hydrogen (secondary N) is 1. The van der Waals surface area contributed by atoms with Gasteiger partial charge in [0.2, 0.25) is 10.0 Å². The molecule has 178 valence electrons. The number of aromatic nitrogens is 2. The highest BCUT2D eigenvalue weighted by Gasteiger charge is 2.31. The molecule has 1 aliphatic heterocycles. The molecule has 0 atom stereocenters. The van der Waals surface area contributed by atoms with Crippen LogP contribution in [0.15, 0.2) is 24.3 Å². The van der Waals surface area contributed by atoms with Gasteiger partial charge in [0.15, 0.2) is 0 Å². The number of nitrogens with two attached hydrogens (primary N) is 1. The predicted molar refractivity (Wildman–Crippen MR) is 121 cm³/mol. The van der Waals surface area contributed by atoms with Gasteiger partial charge in [-0.3, -0.25) is 4.72 Å². The number of hydrogen-bond donors (Lipinski definition) is 2. The molecular formula is C21H30F3N5O2S. The largest absolute Gasteiger partial charge is 0.416 e. The molecular weight excluding hydrogens is 443 g/mol. The summed E-state index contributed by atoms with van der Waals surface area (Å²) in [6.45, 7) is 9.22. The van der Waals surface area contributed by atoms with Gasteiger partial charge in [0.1, 0.15) is 5.82 Å². The first-order valence-corrected chi connectivity index (χ1v) is 12.2. The molecule has 32 heavy (non-hydrogen) atoms. The van der Waals surface area contributed by atoms with Gasteiger partial charge in [0, 0.05) is 5.56 Å². The zero-order chi connectivity index (χ0) is 23.9. The lowest BCUT2D eigenvalue weighted by atomic mass is 10.0. The standard InChI is InChI=1S/C14H15F3N4O2S.C7H15N/c1-3-24(22,23)21-12-7-9(14(15,16)17)4-5-10(12)11-6-8(2)13(18)20-19-11;1-2-8-6-4-3-5-7-8/h4-7,21H,3H2,1-2H3,(H2,18,20);2-7H2,1H3. The molecule has 2 aromatic rings. The lowest BCUT2D eigenvalue weighted by Gasteiger charge is -2.24. The third-order valence-electron chi connectivity index (χ3n) is 5.19. The summed E-state index contributed by atoms with van der Waals surface area (Å²) in [6.07, 6.45) is -0.300. The topological polar surface area (TPSA) is 101 Å². The molecule has 0 amide bonds. The van der Waals surface area contributed by atoms with E-state index in [1.807, 2.05) is 0 Å². The molecule has 11 heteroatoms. The van der Waals surface area contributed by atoms with Crippen molar-refractivity contribution in [3.05, 3.63) is 35.4 Å². The van der Waals surface area contributed by atoms with Crippen molar-refractivity contribution >= 4 is 21.5 Å². The summed E-state index contributed by atoms with van der Waals surface area (Å²) in [7, 11) is -3.77. The van der Waals surface area contributed by atoms with E-state index in [0.717, 1.165) is 18.2 Å². The van der Waals surface area contributed by atoms with E-state index in [9.17, 15) is 21.6 Å². The highest BCUT2D eigenvalue weighted by atomic mass is 32.2. The molecule has 0 unspecified atom stereocenters. The normalized spacial score (nSPS) is 15.1. The van der Waals surface area contributed by atoms with Crippen LogP contribution in [0.2, 0.25) is 0 Å². The number of likely N-dealkylation sites (tertiary alicyclic amines) is 1. The predicted octanol–water partition coefficient (Wildman–Crippen LogP) is 4.31. The summed E-state index contributed by atoms with van der Waals surface area (Å²) in [5.74, 6) is -0.101. The van der Waals surface area contributed by atoms with Crippen LogP contribution in [0.1, 0.15) is 44.2 Å². The van der Waals surface area contributed by atoms with Gasteiger partial charge in [0.05, 0.1) is 22.7 Å². The molecule has 0 spiro atoms. The van der Waals surface area contributed by atoms with Gasteiger partial charge in [-0.1, -0.05) is 19.4 Å². The maximum atomic E-state index is 12.9. The van der Waals surface area contributed by atoms with Crippen LogP contribution in [0, 0.1) is 6.92 Å².